The van der Waals surface area contributed by atoms with Gasteiger partial charge in [0, 0.05) is 43.4 Å². The van der Waals surface area contributed by atoms with Gasteiger partial charge >= 0.3 is 0 Å². The summed E-state index contributed by atoms with van der Waals surface area (Å²) in [4.78, 5) is 20.8. The third-order valence-corrected chi connectivity index (χ3v) is 5.20. The number of hydrogen-bond donors (Lipinski definition) is 1. The van der Waals surface area contributed by atoms with Gasteiger partial charge in [-0.25, -0.2) is 4.98 Å². The van der Waals surface area contributed by atoms with Crippen LogP contribution in [0, 0.1) is 6.92 Å². The molecular formula is C21H19Cl2N3O3. The minimum Gasteiger partial charge on any atom is -0.352 e. The largest absolute Gasteiger partial charge is 0.352 e. The van der Waals surface area contributed by atoms with Crippen LogP contribution in [0.1, 0.15) is 27.9 Å². The van der Waals surface area contributed by atoms with Gasteiger partial charge in [-0.1, -0.05) is 41.4 Å². The molecule has 0 unspecified atom stereocenters. The van der Waals surface area contributed by atoms with Gasteiger partial charge in [0.1, 0.15) is 10.8 Å². The van der Waals surface area contributed by atoms with Gasteiger partial charge < -0.3 is 14.8 Å². The molecule has 6 nitrogen and oxygen atoms in total. The summed E-state index contributed by atoms with van der Waals surface area (Å²) in [5.74, 6) is -0.331. The Kier molecular flexibility index (Phi) is 6.82. The van der Waals surface area contributed by atoms with Gasteiger partial charge in [0.05, 0.1) is 5.02 Å². The Morgan fingerprint density at radius 3 is 2.45 bits per heavy atom. The summed E-state index contributed by atoms with van der Waals surface area (Å²) in [5.41, 5.74) is 4.08. The van der Waals surface area contributed by atoms with Gasteiger partial charge in [0.15, 0.2) is 6.29 Å². The van der Waals surface area contributed by atoms with Crippen LogP contribution in [0.25, 0.3) is 11.1 Å². The normalized spacial score (nSPS) is 11.0. The summed E-state index contributed by atoms with van der Waals surface area (Å²) in [6.07, 6.45) is 2.61. The van der Waals surface area contributed by atoms with Crippen molar-refractivity contribution in [2.75, 3.05) is 19.5 Å². The number of nitrogens with one attached hydrogen (secondary N) is 1. The van der Waals surface area contributed by atoms with Crippen LogP contribution < -0.4 is 5.32 Å². The van der Waals surface area contributed by atoms with Crippen molar-refractivity contribution in [2.24, 2.45) is 0 Å². The molecule has 0 radical (unpaired) electrons. The molecule has 2 heterocycles. The highest BCUT2D eigenvalue weighted by Gasteiger charge is 2.16. The van der Waals surface area contributed by atoms with Crippen molar-refractivity contribution in [1.29, 1.82) is 0 Å². The van der Waals surface area contributed by atoms with Crippen molar-refractivity contribution in [1.82, 2.24) is 9.97 Å². The second kappa shape index (κ2) is 9.33. The van der Waals surface area contributed by atoms with E-state index < -0.39 is 6.29 Å². The van der Waals surface area contributed by atoms with Crippen molar-refractivity contribution in [2.45, 2.75) is 13.2 Å². The van der Waals surface area contributed by atoms with Gasteiger partial charge in [0.2, 0.25) is 0 Å². The van der Waals surface area contributed by atoms with Crippen molar-refractivity contribution in [3.63, 3.8) is 0 Å². The molecule has 0 bridgehead atoms. The second-order valence-corrected chi connectivity index (χ2v) is 6.91. The predicted octanol–water partition coefficient (Wildman–Crippen LogP) is 5.30. The topological polar surface area (TPSA) is 73.3 Å². The number of carbonyl (C=O) groups is 1. The van der Waals surface area contributed by atoms with Crippen LogP contribution in [0.2, 0.25) is 10.2 Å². The van der Waals surface area contributed by atoms with Gasteiger partial charge in [-0.3, -0.25) is 9.78 Å². The van der Waals surface area contributed by atoms with E-state index in [0.717, 1.165) is 16.7 Å². The smallest absolute Gasteiger partial charge is 0.274 e. The third-order valence-electron chi connectivity index (χ3n) is 4.44. The lowest BCUT2D eigenvalue weighted by Gasteiger charge is -2.15. The molecular weight excluding hydrogens is 413 g/mol. The number of pyridine rings is 2. The quantitative estimate of drug-likeness (QED) is 0.423. The number of aromatic nitrogens is 2. The number of methoxy groups -OCH3 is 2. The van der Waals surface area contributed by atoms with Crippen molar-refractivity contribution < 1.29 is 14.3 Å². The Hall–Kier alpha value is -2.51. The van der Waals surface area contributed by atoms with E-state index in [1.165, 1.54) is 14.2 Å². The number of anilines is 1. The van der Waals surface area contributed by atoms with Crippen molar-refractivity contribution in [3.05, 3.63) is 75.8 Å². The molecule has 29 heavy (non-hydrogen) atoms. The number of rotatable bonds is 6. The number of nitrogens with zero attached hydrogens (tertiary/aromatic N) is 2. The average molecular weight is 432 g/mol. The molecule has 1 amide bonds. The predicted molar refractivity (Wildman–Crippen MR) is 113 cm³/mol. The van der Waals surface area contributed by atoms with E-state index in [-0.39, 0.29) is 16.8 Å². The van der Waals surface area contributed by atoms with Crippen LogP contribution in [-0.4, -0.2) is 30.1 Å². The zero-order valence-electron chi connectivity index (χ0n) is 16.1. The fourth-order valence-electron chi connectivity index (χ4n) is 2.92. The van der Waals surface area contributed by atoms with E-state index in [1.807, 2.05) is 25.1 Å². The first-order chi connectivity index (χ1) is 14.0. The number of ether oxygens (including phenoxy) is 2. The number of halogens is 2. The highest BCUT2D eigenvalue weighted by molar-refractivity contribution is 6.43. The summed E-state index contributed by atoms with van der Waals surface area (Å²) < 4.78 is 10.4. The van der Waals surface area contributed by atoms with E-state index in [0.29, 0.717) is 16.3 Å². The lowest BCUT2D eigenvalue weighted by Crippen LogP contribution is -2.15. The summed E-state index contributed by atoms with van der Waals surface area (Å²) in [6, 6.07) is 10.7. The van der Waals surface area contributed by atoms with Crippen LogP contribution in [0.15, 0.2) is 48.8 Å². The fourth-order valence-corrected chi connectivity index (χ4v) is 3.29. The van der Waals surface area contributed by atoms with E-state index >= 15 is 0 Å². The molecule has 1 aromatic carbocycles. The zero-order valence-corrected chi connectivity index (χ0v) is 17.6. The summed E-state index contributed by atoms with van der Waals surface area (Å²) in [7, 11) is 3.07. The first-order valence-corrected chi connectivity index (χ1v) is 9.44. The van der Waals surface area contributed by atoms with Crippen LogP contribution in [0.5, 0.6) is 0 Å². The highest BCUT2D eigenvalue weighted by atomic mass is 35.5. The number of carbonyl (C=O) groups excluding carboxylic acids is 1. The Balaban J connectivity index is 1.85. The maximum atomic E-state index is 12.7. The van der Waals surface area contributed by atoms with E-state index in [1.54, 1.807) is 30.6 Å². The van der Waals surface area contributed by atoms with Gasteiger partial charge in [-0.15, -0.1) is 0 Å². The molecule has 1 N–H and O–H groups in total. The summed E-state index contributed by atoms with van der Waals surface area (Å²) in [5, 5.41) is 3.49. The van der Waals surface area contributed by atoms with Crippen LogP contribution in [-0.2, 0) is 9.47 Å². The third kappa shape index (κ3) is 4.57. The number of benzene rings is 1. The van der Waals surface area contributed by atoms with Gasteiger partial charge in [-0.2, -0.15) is 0 Å². The number of hydrogen-bond acceptors (Lipinski definition) is 5. The summed E-state index contributed by atoms with van der Waals surface area (Å²) >= 11 is 12.3. The second-order valence-electron chi connectivity index (χ2n) is 6.18. The molecule has 0 spiro atoms. The molecule has 2 aromatic heterocycles. The highest BCUT2D eigenvalue weighted by Crippen LogP contribution is 2.36. The Morgan fingerprint density at radius 2 is 1.79 bits per heavy atom. The molecule has 150 valence electrons. The molecule has 0 saturated carbocycles. The molecule has 3 rings (SSSR count). The molecule has 0 aliphatic rings. The average Bonchev–Trinajstić information content (AvgIpc) is 2.73. The molecule has 8 heteroatoms. The molecule has 0 aliphatic heterocycles. The SMILES string of the molecule is COC(OC)c1ccc(C(=O)Nc2cccc(-c3ccnc(Cl)c3Cl)c2C)nc1. The summed E-state index contributed by atoms with van der Waals surface area (Å²) in [6.45, 7) is 1.90. The molecule has 0 fully saturated rings. The maximum Gasteiger partial charge on any atom is 0.274 e. The standard InChI is InChI=1S/C21H19Cl2N3O3/c1-12-14(15-9-10-24-19(23)18(15)22)5-4-6-16(12)26-20(27)17-8-7-13(11-25-17)21(28-2)29-3/h4-11,21H,1-3H3,(H,26,27). The first kappa shape index (κ1) is 21.2. The molecule has 0 saturated heterocycles. The van der Waals surface area contributed by atoms with Crippen LogP contribution >= 0.6 is 23.2 Å². The Labute approximate surface area is 178 Å². The molecule has 0 aliphatic carbocycles. The minimum absolute atomic E-state index is 0.229. The van der Waals surface area contributed by atoms with Crippen LogP contribution in [0.4, 0.5) is 5.69 Å². The van der Waals surface area contributed by atoms with E-state index in [2.05, 4.69) is 15.3 Å². The van der Waals surface area contributed by atoms with E-state index in [4.69, 9.17) is 32.7 Å². The van der Waals surface area contributed by atoms with E-state index in [9.17, 15) is 4.79 Å². The van der Waals surface area contributed by atoms with Gasteiger partial charge in [-0.05, 0) is 36.2 Å². The lowest BCUT2D eigenvalue weighted by molar-refractivity contribution is -0.106. The monoisotopic (exact) mass is 431 g/mol. The minimum atomic E-state index is -0.532. The van der Waals surface area contributed by atoms with Crippen LogP contribution in [0.3, 0.4) is 0 Å². The van der Waals surface area contributed by atoms with Gasteiger partial charge in [0.25, 0.3) is 5.91 Å². The first-order valence-electron chi connectivity index (χ1n) is 8.69. The Bertz CT molecular complexity index is 1020. The maximum absolute atomic E-state index is 12.7. The number of amides is 1. The van der Waals surface area contributed by atoms with Crippen molar-refractivity contribution >= 4 is 34.8 Å². The molecule has 3 aromatic rings. The Morgan fingerprint density at radius 1 is 1.03 bits per heavy atom. The molecule has 0 atom stereocenters. The van der Waals surface area contributed by atoms with Crippen molar-refractivity contribution in [3.8, 4) is 11.1 Å². The zero-order chi connectivity index (χ0) is 21.0. The fraction of sp³-hybridized carbons (Fsp3) is 0.190. The lowest BCUT2D eigenvalue weighted by atomic mass is 10.00.